The highest BCUT2D eigenvalue weighted by atomic mass is 19.2. The summed E-state index contributed by atoms with van der Waals surface area (Å²) >= 11 is 0. The Kier molecular flexibility index (Phi) is 3.37. The van der Waals surface area contributed by atoms with E-state index in [9.17, 15) is 4.79 Å². The van der Waals surface area contributed by atoms with Gasteiger partial charge in [-0.15, -0.1) is 0 Å². The molecule has 3 aliphatic heterocycles. The van der Waals surface area contributed by atoms with Crippen molar-refractivity contribution in [1.82, 2.24) is 0 Å². The van der Waals surface area contributed by atoms with Crippen molar-refractivity contribution in [1.29, 1.82) is 0 Å². The second-order valence-electron chi connectivity index (χ2n) is 6.75. The van der Waals surface area contributed by atoms with Crippen LogP contribution in [-0.2, 0) is 33.2 Å². The number of hydrogen-bond donors (Lipinski definition) is 0. The molecule has 0 aliphatic carbocycles. The van der Waals surface area contributed by atoms with E-state index in [4.69, 9.17) is 28.4 Å². The molecule has 0 amide bonds. The third-order valence-electron chi connectivity index (χ3n) is 3.81. The van der Waals surface area contributed by atoms with Gasteiger partial charge in [0.25, 0.3) is 5.85 Å². The molecule has 0 aromatic carbocycles. The molecule has 22 heavy (non-hydrogen) atoms. The number of alkyl halides is 1. The fourth-order valence-corrected chi connectivity index (χ4v) is 3.11. The molecule has 3 heterocycles. The molecular weight excluding hydrogens is 299 g/mol. The van der Waals surface area contributed by atoms with Gasteiger partial charge in [-0.1, -0.05) is 0 Å². The summed E-state index contributed by atoms with van der Waals surface area (Å²) in [6, 6.07) is 0. The molecule has 4 atom stereocenters. The number of fused-ring (bicyclic) bond motifs is 1. The Hall–Kier alpha value is -0.800. The van der Waals surface area contributed by atoms with Crippen LogP contribution in [0, 0.1) is 0 Å². The molecule has 0 bridgehead atoms. The molecule has 0 saturated carbocycles. The first-order valence-electron chi connectivity index (χ1n) is 7.19. The van der Waals surface area contributed by atoms with Gasteiger partial charge in [-0.05, 0) is 27.7 Å². The van der Waals surface area contributed by atoms with Gasteiger partial charge in [0.2, 0.25) is 5.79 Å². The van der Waals surface area contributed by atoms with Crippen LogP contribution < -0.4 is 0 Å². The van der Waals surface area contributed by atoms with Crippen molar-refractivity contribution in [2.45, 2.75) is 70.0 Å². The Bertz CT molecular complexity index is 494. The number of carbonyl (C=O) groups is 1. The van der Waals surface area contributed by atoms with E-state index in [2.05, 4.69) is 0 Å². The molecule has 8 heteroatoms. The third-order valence-corrected chi connectivity index (χ3v) is 3.81. The van der Waals surface area contributed by atoms with Crippen molar-refractivity contribution in [3.8, 4) is 0 Å². The number of carbonyl (C=O) groups excluding carboxylic acids is 1. The van der Waals surface area contributed by atoms with E-state index in [1.807, 2.05) is 0 Å². The van der Waals surface area contributed by atoms with Crippen LogP contribution in [0.25, 0.3) is 0 Å². The van der Waals surface area contributed by atoms with E-state index in [1.54, 1.807) is 27.7 Å². The first kappa shape index (κ1) is 16.1. The SMILES string of the molecule is CC(=O)OC1[C@@H]2OC(C)(C)O[C@]2(F)CO[C@]12COC(C)(C)O2. The maximum atomic E-state index is 15.0. The van der Waals surface area contributed by atoms with E-state index >= 15 is 4.39 Å². The van der Waals surface area contributed by atoms with Crippen molar-refractivity contribution in [2.75, 3.05) is 13.2 Å². The van der Waals surface area contributed by atoms with Gasteiger partial charge in [-0.3, -0.25) is 4.79 Å². The highest BCUT2D eigenvalue weighted by molar-refractivity contribution is 5.66. The number of ether oxygens (including phenoxy) is 6. The zero-order valence-corrected chi connectivity index (χ0v) is 13.3. The van der Waals surface area contributed by atoms with Gasteiger partial charge < -0.3 is 28.4 Å². The number of esters is 1. The highest BCUT2D eigenvalue weighted by Crippen LogP contribution is 2.50. The summed E-state index contributed by atoms with van der Waals surface area (Å²) in [5.74, 6) is -6.34. The average molecular weight is 320 g/mol. The van der Waals surface area contributed by atoms with E-state index < -0.39 is 48.0 Å². The molecule has 1 spiro atoms. The Morgan fingerprint density at radius 1 is 1.09 bits per heavy atom. The monoisotopic (exact) mass is 320 g/mol. The van der Waals surface area contributed by atoms with Crippen molar-refractivity contribution >= 4 is 5.97 Å². The summed E-state index contributed by atoms with van der Waals surface area (Å²) in [5.41, 5.74) is 0. The Morgan fingerprint density at radius 3 is 2.32 bits per heavy atom. The van der Waals surface area contributed by atoms with Crippen LogP contribution in [0.1, 0.15) is 34.6 Å². The molecule has 0 N–H and O–H groups in total. The van der Waals surface area contributed by atoms with Crippen LogP contribution in [0.15, 0.2) is 0 Å². The molecule has 0 aromatic heterocycles. The largest absolute Gasteiger partial charge is 0.454 e. The van der Waals surface area contributed by atoms with Gasteiger partial charge in [0.1, 0.15) is 13.2 Å². The van der Waals surface area contributed by atoms with Crippen LogP contribution >= 0.6 is 0 Å². The fourth-order valence-electron chi connectivity index (χ4n) is 3.11. The predicted octanol–water partition coefficient (Wildman–Crippen LogP) is 1.24. The van der Waals surface area contributed by atoms with Crippen molar-refractivity contribution in [3.05, 3.63) is 0 Å². The standard InChI is InChI=1S/C14H21FO7/c1-8(16)19-10-9-13(15,21-12(4,5)20-9)6-18-14(10)7-17-11(2,3)22-14/h9-10H,6-7H2,1-5H3/t9-,10?,13+,14-/m0/s1. The van der Waals surface area contributed by atoms with Gasteiger partial charge in [0.15, 0.2) is 23.8 Å². The van der Waals surface area contributed by atoms with Crippen LogP contribution in [-0.4, -0.2) is 54.6 Å². The van der Waals surface area contributed by atoms with Gasteiger partial charge in [0, 0.05) is 6.92 Å². The lowest BCUT2D eigenvalue weighted by atomic mass is 9.95. The van der Waals surface area contributed by atoms with Gasteiger partial charge in [-0.2, -0.15) is 0 Å². The first-order chi connectivity index (χ1) is 9.97. The second-order valence-corrected chi connectivity index (χ2v) is 6.75. The molecule has 1 unspecified atom stereocenters. The zero-order valence-electron chi connectivity index (χ0n) is 13.3. The van der Waals surface area contributed by atoms with Gasteiger partial charge in [-0.25, -0.2) is 4.39 Å². The summed E-state index contributed by atoms with van der Waals surface area (Å²) in [4.78, 5) is 11.5. The molecule has 3 aliphatic rings. The lowest BCUT2D eigenvalue weighted by molar-refractivity contribution is -0.358. The lowest BCUT2D eigenvalue weighted by Crippen LogP contribution is -2.66. The molecule has 3 fully saturated rings. The van der Waals surface area contributed by atoms with Crippen molar-refractivity contribution in [3.63, 3.8) is 0 Å². The Labute approximate surface area is 127 Å². The van der Waals surface area contributed by atoms with Crippen molar-refractivity contribution in [2.24, 2.45) is 0 Å². The van der Waals surface area contributed by atoms with E-state index in [0.29, 0.717) is 0 Å². The molecule has 126 valence electrons. The number of hydrogen-bond acceptors (Lipinski definition) is 7. The average Bonchev–Trinajstić information content (AvgIpc) is 2.78. The smallest absolute Gasteiger partial charge is 0.303 e. The summed E-state index contributed by atoms with van der Waals surface area (Å²) in [5, 5.41) is 0. The summed E-state index contributed by atoms with van der Waals surface area (Å²) < 4.78 is 48.1. The molecule has 3 rings (SSSR count). The van der Waals surface area contributed by atoms with E-state index in [-0.39, 0.29) is 6.61 Å². The van der Waals surface area contributed by atoms with E-state index in [0.717, 1.165) is 0 Å². The molecule has 0 radical (unpaired) electrons. The first-order valence-corrected chi connectivity index (χ1v) is 7.19. The summed E-state index contributed by atoms with van der Waals surface area (Å²) in [6.07, 6.45) is -2.31. The normalized spacial score (nSPS) is 45.7. The van der Waals surface area contributed by atoms with Gasteiger partial charge >= 0.3 is 5.97 Å². The van der Waals surface area contributed by atoms with Crippen LogP contribution in [0.4, 0.5) is 4.39 Å². The maximum Gasteiger partial charge on any atom is 0.303 e. The molecule has 7 nitrogen and oxygen atoms in total. The maximum absolute atomic E-state index is 15.0. The minimum Gasteiger partial charge on any atom is -0.454 e. The third kappa shape index (κ3) is 2.52. The van der Waals surface area contributed by atoms with Crippen LogP contribution in [0.5, 0.6) is 0 Å². The second kappa shape index (κ2) is 4.61. The van der Waals surface area contributed by atoms with Crippen LogP contribution in [0.3, 0.4) is 0 Å². The number of rotatable bonds is 1. The minimum atomic E-state index is -2.22. The molecule has 0 aromatic rings. The highest BCUT2D eigenvalue weighted by Gasteiger charge is 2.70. The fraction of sp³-hybridized carbons (Fsp3) is 0.929. The Balaban J connectivity index is 1.96. The van der Waals surface area contributed by atoms with Crippen LogP contribution in [0.2, 0.25) is 0 Å². The number of halogens is 1. The predicted molar refractivity (Wildman–Crippen MR) is 69.2 cm³/mol. The lowest BCUT2D eigenvalue weighted by Gasteiger charge is -2.45. The summed E-state index contributed by atoms with van der Waals surface area (Å²) in [6.45, 7) is 7.38. The molecular formula is C14H21FO7. The topological polar surface area (TPSA) is 72.5 Å². The van der Waals surface area contributed by atoms with Crippen molar-refractivity contribution < 1.29 is 37.6 Å². The molecule has 3 saturated heterocycles. The Morgan fingerprint density at radius 2 is 1.77 bits per heavy atom. The zero-order chi connectivity index (χ0) is 16.4. The minimum absolute atomic E-state index is 0.00564. The van der Waals surface area contributed by atoms with Gasteiger partial charge in [0.05, 0.1) is 0 Å². The summed E-state index contributed by atoms with van der Waals surface area (Å²) in [7, 11) is 0. The van der Waals surface area contributed by atoms with E-state index in [1.165, 1.54) is 6.92 Å². The quantitative estimate of drug-likeness (QED) is 0.673.